The smallest absolute Gasteiger partial charge is 0.104 e. The van der Waals surface area contributed by atoms with Crippen molar-refractivity contribution in [2.24, 2.45) is 46.3 Å². The maximum Gasteiger partial charge on any atom is 0.104 e. The summed E-state index contributed by atoms with van der Waals surface area (Å²) >= 11 is 0. The molecular formula is C27H45FO. The zero-order valence-corrected chi connectivity index (χ0v) is 19.6. The highest BCUT2D eigenvalue weighted by Gasteiger charge is 2.62. The summed E-state index contributed by atoms with van der Waals surface area (Å²) in [5.41, 5.74) is 1.97. The number of halogens is 1. The second-order valence-electron chi connectivity index (χ2n) is 12.3. The molecule has 2 heteroatoms. The Bertz CT molecular complexity index is 626. The first kappa shape index (κ1) is 21.8. The van der Waals surface area contributed by atoms with Gasteiger partial charge in [0.2, 0.25) is 0 Å². The van der Waals surface area contributed by atoms with E-state index < -0.39 is 6.17 Å². The zero-order valence-electron chi connectivity index (χ0n) is 19.6. The van der Waals surface area contributed by atoms with Gasteiger partial charge in [0.25, 0.3) is 0 Å². The average Bonchev–Trinajstić information content (AvgIpc) is 2.92. The van der Waals surface area contributed by atoms with E-state index in [1.54, 1.807) is 0 Å². The molecule has 0 heterocycles. The van der Waals surface area contributed by atoms with Gasteiger partial charge in [0.1, 0.15) is 6.17 Å². The summed E-state index contributed by atoms with van der Waals surface area (Å²) < 4.78 is 15.6. The minimum atomic E-state index is -0.607. The van der Waals surface area contributed by atoms with Gasteiger partial charge in [-0.05, 0) is 91.3 Å². The molecule has 0 spiro atoms. The van der Waals surface area contributed by atoms with E-state index in [-0.39, 0.29) is 22.9 Å². The Hall–Kier alpha value is -0.370. The largest absolute Gasteiger partial charge is 0.393 e. The minimum absolute atomic E-state index is 0.141. The molecule has 4 aliphatic rings. The van der Waals surface area contributed by atoms with Crippen LogP contribution < -0.4 is 0 Å². The Morgan fingerprint density at radius 3 is 2.59 bits per heavy atom. The quantitative estimate of drug-likeness (QED) is 0.475. The van der Waals surface area contributed by atoms with Gasteiger partial charge >= 0.3 is 0 Å². The first-order valence-electron chi connectivity index (χ1n) is 12.7. The van der Waals surface area contributed by atoms with Crippen LogP contribution in [0.15, 0.2) is 11.6 Å². The van der Waals surface area contributed by atoms with Crippen molar-refractivity contribution in [2.45, 2.75) is 111 Å². The first-order chi connectivity index (χ1) is 13.7. The molecule has 166 valence electrons. The summed E-state index contributed by atoms with van der Waals surface area (Å²) in [7, 11) is 0. The Balaban J connectivity index is 1.53. The third-order valence-electron chi connectivity index (χ3n) is 10.2. The summed E-state index contributed by atoms with van der Waals surface area (Å²) in [6, 6.07) is 0. The number of fused-ring (bicyclic) bond motifs is 5. The SMILES string of the molecule is CC(C)CCC[C@@H](C)C1C(F)CC2C3CC=C4CC(O)CCC4(C)C3CCC21C. The Labute approximate surface area is 178 Å². The molecule has 4 rings (SSSR count). The van der Waals surface area contributed by atoms with Crippen LogP contribution >= 0.6 is 0 Å². The van der Waals surface area contributed by atoms with E-state index in [1.807, 2.05) is 0 Å². The molecule has 29 heavy (non-hydrogen) atoms. The number of rotatable bonds is 5. The topological polar surface area (TPSA) is 20.2 Å². The molecule has 0 radical (unpaired) electrons. The molecule has 3 fully saturated rings. The molecule has 4 aliphatic carbocycles. The van der Waals surface area contributed by atoms with E-state index >= 15 is 4.39 Å². The third kappa shape index (κ3) is 3.64. The van der Waals surface area contributed by atoms with Crippen molar-refractivity contribution in [1.29, 1.82) is 0 Å². The summed E-state index contributed by atoms with van der Waals surface area (Å²) in [6.45, 7) is 11.9. The van der Waals surface area contributed by atoms with Crippen molar-refractivity contribution in [2.75, 3.05) is 0 Å². The number of hydrogen-bond acceptors (Lipinski definition) is 1. The van der Waals surface area contributed by atoms with Gasteiger partial charge in [-0.25, -0.2) is 4.39 Å². The van der Waals surface area contributed by atoms with Crippen LogP contribution in [0.4, 0.5) is 4.39 Å². The maximum absolute atomic E-state index is 15.6. The molecule has 1 nitrogen and oxygen atoms in total. The van der Waals surface area contributed by atoms with Crippen LogP contribution in [0.3, 0.4) is 0 Å². The Kier molecular flexibility index (Phi) is 5.99. The molecule has 8 unspecified atom stereocenters. The van der Waals surface area contributed by atoms with Crippen molar-refractivity contribution in [3.63, 3.8) is 0 Å². The van der Waals surface area contributed by atoms with Gasteiger partial charge in [0, 0.05) is 0 Å². The predicted molar refractivity (Wildman–Crippen MR) is 119 cm³/mol. The van der Waals surface area contributed by atoms with Gasteiger partial charge in [-0.2, -0.15) is 0 Å². The summed E-state index contributed by atoms with van der Waals surface area (Å²) in [4.78, 5) is 0. The van der Waals surface area contributed by atoms with Crippen LogP contribution in [-0.2, 0) is 0 Å². The lowest BCUT2D eigenvalue weighted by Crippen LogP contribution is -2.51. The minimum Gasteiger partial charge on any atom is -0.393 e. The van der Waals surface area contributed by atoms with Crippen LogP contribution in [0.2, 0.25) is 0 Å². The molecule has 0 saturated heterocycles. The van der Waals surface area contributed by atoms with Crippen molar-refractivity contribution < 1.29 is 9.50 Å². The second kappa shape index (κ2) is 7.95. The maximum atomic E-state index is 15.6. The zero-order chi connectivity index (χ0) is 21.0. The molecule has 9 atom stereocenters. The van der Waals surface area contributed by atoms with Gasteiger partial charge in [-0.3, -0.25) is 0 Å². The number of alkyl halides is 1. The molecule has 0 aromatic carbocycles. The van der Waals surface area contributed by atoms with Gasteiger partial charge in [-0.15, -0.1) is 0 Å². The monoisotopic (exact) mass is 404 g/mol. The van der Waals surface area contributed by atoms with Crippen LogP contribution in [0.5, 0.6) is 0 Å². The average molecular weight is 405 g/mol. The van der Waals surface area contributed by atoms with Gasteiger partial charge < -0.3 is 5.11 Å². The van der Waals surface area contributed by atoms with E-state index in [2.05, 4.69) is 40.7 Å². The fraction of sp³-hybridized carbons (Fsp3) is 0.926. The molecular weight excluding hydrogens is 359 g/mol. The lowest BCUT2D eigenvalue weighted by Gasteiger charge is -2.58. The number of allylic oxidation sites excluding steroid dienone is 1. The van der Waals surface area contributed by atoms with Crippen LogP contribution in [0, 0.1) is 46.3 Å². The Morgan fingerprint density at radius 2 is 1.86 bits per heavy atom. The molecule has 1 N–H and O–H groups in total. The lowest BCUT2D eigenvalue weighted by atomic mass is 9.47. The predicted octanol–water partition coefficient (Wildman–Crippen LogP) is 7.34. The van der Waals surface area contributed by atoms with Crippen molar-refractivity contribution >= 4 is 0 Å². The van der Waals surface area contributed by atoms with Crippen molar-refractivity contribution in [1.82, 2.24) is 0 Å². The number of hydrogen-bond donors (Lipinski definition) is 1. The van der Waals surface area contributed by atoms with E-state index in [0.29, 0.717) is 23.7 Å². The highest BCUT2D eigenvalue weighted by molar-refractivity contribution is 5.25. The van der Waals surface area contributed by atoms with E-state index in [9.17, 15) is 5.11 Å². The summed E-state index contributed by atoms with van der Waals surface area (Å²) in [5, 5.41) is 10.2. The number of aliphatic hydroxyl groups is 1. The highest BCUT2D eigenvalue weighted by Crippen LogP contribution is 2.67. The molecule has 0 aromatic rings. The van der Waals surface area contributed by atoms with Crippen LogP contribution in [-0.4, -0.2) is 17.4 Å². The van der Waals surface area contributed by atoms with E-state index in [0.717, 1.165) is 38.0 Å². The van der Waals surface area contributed by atoms with Crippen molar-refractivity contribution in [3.8, 4) is 0 Å². The molecule has 0 bridgehead atoms. The molecule has 3 saturated carbocycles. The normalized spacial score (nSPS) is 47.9. The third-order valence-corrected chi connectivity index (χ3v) is 10.2. The number of aliphatic hydroxyl groups excluding tert-OH is 1. The van der Waals surface area contributed by atoms with Gasteiger partial charge in [0.15, 0.2) is 0 Å². The molecule has 0 amide bonds. The highest BCUT2D eigenvalue weighted by atomic mass is 19.1. The molecule has 0 aromatic heterocycles. The molecule has 0 aliphatic heterocycles. The van der Waals surface area contributed by atoms with Crippen LogP contribution in [0.25, 0.3) is 0 Å². The first-order valence-corrected chi connectivity index (χ1v) is 12.7. The summed E-state index contributed by atoms with van der Waals surface area (Å²) in [6.07, 6.45) is 12.8. The fourth-order valence-electron chi connectivity index (χ4n) is 8.68. The van der Waals surface area contributed by atoms with Gasteiger partial charge in [-0.1, -0.05) is 65.5 Å². The van der Waals surface area contributed by atoms with Crippen molar-refractivity contribution in [3.05, 3.63) is 11.6 Å². The van der Waals surface area contributed by atoms with E-state index in [4.69, 9.17) is 0 Å². The Morgan fingerprint density at radius 1 is 1.10 bits per heavy atom. The fourth-order valence-corrected chi connectivity index (χ4v) is 8.68. The lowest BCUT2D eigenvalue weighted by molar-refractivity contribution is -0.0595. The van der Waals surface area contributed by atoms with E-state index in [1.165, 1.54) is 37.7 Å². The van der Waals surface area contributed by atoms with Crippen LogP contribution in [0.1, 0.15) is 98.8 Å². The standard InChI is InChI=1S/C27H45FO/c1-17(2)7-6-8-18(3)25-24(28)16-23-21-10-9-19-15-20(29)11-13-26(19,4)22(21)12-14-27(23,25)5/h9,17-18,20-25,29H,6-8,10-16H2,1-5H3/t18-,20?,21?,22?,23?,24?,25?,26?,27?/m1/s1. The summed E-state index contributed by atoms with van der Waals surface area (Å²) in [5.74, 6) is 3.43. The second-order valence-corrected chi connectivity index (χ2v) is 12.3. The van der Waals surface area contributed by atoms with Gasteiger partial charge in [0.05, 0.1) is 6.10 Å².